The number of hydrogen-bond donors (Lipinski definition) is 0. The van der Waals surface area contributed by atoms with Crippen LogP contribution >= 0.6 is 23.2 Å². The van der Waals surface area contributed by atoms with Crippen LogP contribution in [0.25, 0.3) is 10.9 Å². The van der Waals surface area contributed by atoms with Gasteiger partial charge in [0, 0.05) is 17.5 Å². The Morgan fingerprint density at radius 3 is 2.62 bits per heavy atom. The summed E-state index contributed by atoms with van der Waals surface area (Å²) < 4.78 is 6.38. The first-order chi connectivity index (χ1) is 7.54. The van der Waals surface area contributed by atoms with Crippen molar-refractivity contribution in [2.24, 2.45) is 7.05 Å². The van der Waals surface area contributed by atoms with Crippen LogP contribution in [0.1, 0.15) is 10.5 Å². The number of benzene rings is 1. The maximum Gasteiger partial charge on any atom is 0.354 e. The quantitative estimate of drug-likeness (QED) is 0.735. The van der Waals surface area contributed by atoms with Crippen LogP contribution in [0.15, 0.2) is 18.2 Å². The van der Waals surface area contributed by atoms with E-state index in [4.69, 9.17) is 23.2 Å². The molecule has 1 aromatic carbocycles. The molecule has 0 atom stereocenters. The van der Waals surface area contributed by atoms with Crippen LogP contribution in [-0.2, 0) is 11.8 Å². The van der Waals surface area contributed by atoms with E-state index in [2.05, 4.69) is 4.74 Å². The van der Waals surface area contributed by atoms with Crippen LogP contribution in [0.5, 0.6) is 0 Å². The topological polar surface area (TPSA) is 31.2 Å². The molecule has 16 heavy (non-hydrogen) atoms. The zero-order valence-electron chi connectivity index (χ0n) is 8.75. The van der Waals surface area contributed by atoms with E-state index in [0.29, 0.717) is 15.7 Å². The van der Waals surface area contributed by atoms with Crippen LogP contribution < -0.4 is 0 Å². The van der Waals surface area contributed by atoms with Gasteiger partial charge in [0.25, 0.3) is 0 Å². The van der Waals surface area contributed by atoms with Crippen molar-refractivity contribution < 1.29 is 9.53 Å². The van der Waals surface area contributed by atoms with E-state index in [1.165, 1.54) is 7.11 Å². The zero-order valence-corrected chi connectivity index (χ0v) is 10.3. The number of carbonyl (C=O) groups excluding carboxylic acids is 1. The largest absolute Gasteiger partial charge is 0.464 e. The van der Waals surface area contributed by atoms with Gasteiger partial charge < -0.3 is 9.30 Å². The predicted octanol–water partition coefficient (Wildman–Crippen LogP) is 3.27. The van der Waals surface area contributed by atoms with Crippen molar-refractivity contribution in [3.05, 3.63) is 33.9 Å². The van der Waals surface area contributed by atoms with Crippen LogP contribution in [0.4, 0.5) is 0 Å². The Morgan fingerprint density at radius 2 is 2.00 bits per heavy atom. The summed E-state index contributed by atoms with van der Waals surface area (Å²) in [5, 5.41) is 1.88. The smallest absolute Gasteiger partial charge is 0.354 e. The lowest BCUT2D eigenvalue weighted by molar-refractivity contribution is 0.0590. The Morgan fingerprint density at radius 1 is 1.31 bits per heavy atom. The number of esters is 1. The number of aromatic nitrogens is 1. The molecule has 0 aliphatic heterocycles. The summed E-state index contributed by atoms with van der Waals surface area (Å²) in [6.45, 7) is 0. The third kappa shape index (κ3) is 1.66. The highest BCUT2D eigenvalue weighted by Gasteiger charge is 2.15. The lowest BCUT2D eigenvalue weighted by Crippen LogP contribution is -2.07. The Hall–Kier alpha value is -1.19. The van der Waals surface area contributed by atoms with E-state index in [-0.39, 0.29) is 0 Å². The fraction of sp³-hybridized carbons (Fsp3) is 0.182. The number of aryl methyl sites for hydroxylation is 1. The van der Waals surface area contributed by atoms with Gasteiger partial charge in [0.1, 0.15) is 5.69 Å². The standard InChI is InChI=1S/C11H9Cl2NO2/c1-14-9(11(15)16-2)4-6-3-7(12)5-8(13)10(6)14/h3-5H,1-2H3. The van der Waals surface area contributed by atoms with Crippen molar-refractivity contribution in [3.63, 3.8) is 0 Å². The van der Waals surface area contributed by atoms with Crippen molar-refractivity contribution >= 4 is 40.1 Å². The molecule has 0 fully saturated rings. The summed E-state index contributed by atoms with van der Waals surface area (Å²) in [4.78, 5) is 11.5. The fourth-order valence-electron chi connectivity index (χ4n) is 1.71. The number of ether oxygens (including phenoxy) is 1. The molecule has 1 aromatic heterocycles. The molecule has 3 nitrogen and oxygen atoms in total. The second-order valence-electron chi connectivity index (χ2n) is 3.41. The van der Waals surface area contributed by atoms with Crippen LogP contribution in [-0.4, -0.2) is 17.6 Å². The van der Waals surface area contributed by atoms with E-state index in [0.717, 1.165) is 10.9 Å². The molecule has 84 valence electrons. The van der Waals surface area contributed by atoms with Gasteiger partial charge in [0.2, 0.25) is 0 Å². The van der Waals surface area contributed by atoms with Crippen LogP contribution in [0.3, 0.4) is 0 Å². The maximum absolute atomic E-state index is 11.5. The Bertz CT molecular complexity index is 575. The molecule has 0 unspecified atom stereocenters. The molecule has 5 heteroatoms. The van der Waals surface area contributed by atoms with Gasteiger partial charge in [-0.1, -0.05) is 23.2 Å². The molecule has 2 aromatic rings. The first kappa shape index (κ1) is 11.3. The summed E-state index contributed by atoms with van der Waals surface area (Å²) in [6.07, 6.45) is 0. The van der Waals surface area contributed by atoms with Gasteiger partial charge in [-0.15, -0.1) is 0 Å². The van der Waals surface area contributed by atoms with Gasteiger partial charge in [-0.3, -0.25) is 0 Å². The van der Waals surface area contributed by atoms with Gasteiger partial charge in [-0.05, 0) is 18.2 Å². The lowest BCUT2D eigenvalue weighted by Gasteiger charge is -2.03. The number of carbonyl (C=O) groups is 1. The van der Waals surface area contributed by atoms with E-state index < -0.39 is 5.97 Å². The molecule has 0 radical (unpaired) electrons. The molecule has 0 aliphatic rings. The highest BCUT2D eigenvalue weighted by atomic mass is 35.5. The third-order valence-corrected chi connectivity index (χ3v) is 2.95. The average Bonchev–Trinajstić information content (AvgIpc) is 2.54. The number of hydrogen-bond acceptors (Lipinski definition) is 2. The molecular formula is C11H9Cl2NO2. The van der Waals surface area contributed by atoms with Gasteiger partial charge >= 0.3 is 5.97 Å². The SMILES string of the molecule is COC(=O)c1cc2cc(Cl)cc(Cl)c2n1C. The van der Waals surface area contributed by atoms with Crippen LogP contribution in [0.2, 0.25) is 10.0 Å². The van der Waals surface area contributed by atoms with Gasteiger partial charge in [0.05, 0.1) is 17.6 Å². The second kappa shape index (κ2) is 4.00. The van der Waals surface area contributed by atoms with Crippen molar-refractivity contribution in [2.45, 2.75) is 0 Å². The number of nitrogens with zero attached hydrogens (tertiary/aromatic N) is 1. The molecule has 0 N–H and O–H groups in total. The molecule has 0 aliphatic carbocycles. The van der Waals surface area contributed by atoms with Crippen molar-refractivity contribution in [1.29, 1.82) is 0 Å². The summed E-state index contributed by atoms with van der Waals surface area (Å²) in [5.74, 6) is -0.397. The van der Waals surface area contributed by atoms with E-state index in [1.54, 1.807) is 29.8 Å². The summed E-state index contributed by atoms with van der Waals surface area (Å²) in [5.41, 5.74) is 1.22. The Kier molecular flexibility index (Phi) is 2.82. The van der Waals surface area contributed by atoms with Gasteiger partial charge in [-0.2, -0.15) is 0 Å². The average molecular weight is 258 g/mol. The van der Waals surface area contributed by atoms with Crippen LogP contribution in [0, 0.1) is 0 Å². The first-order valence-electron chi connectivity index (χ1n) is 4.57. The number of fused-ring (bicyclic) bond motifs is 1. The molecule has 0 saturated carbocycles. The monoisotopic (exact) mass is 257 g/mol. The van der Waals surface area contributed by atoms with Crippen molar-refractivity contribution in [1.82, 2.24) is 4.57 Å². The Labute approximate surface area is 103 Å². The minimum atomic E-state index is -0.397. The highest BCUT2D eigenvalue weighted by molar-refractivity contribution is 6.38. The van der Waals surface area contributed by atoms with E-state index in [9.17, 15) is 4.79 Å². The minimum Gasteiger partial charge on any atom is -0.464 e. The maximum atomic E-state index is 11.5. The first-order valence-corrected chi connectivity index (χ1v) is 5.33. The second-order valence-corrected chi connectivity index (χ2v) is 4.25. The van der Waals surface area contributed by atoms with Crippen molar-refractivity contribution in [2.75, 3.05) is 7.11 Å². The fourth-order valence-corrected chi connectivity index (χ4v) is 2.35. The normalized spacial score (nSPS) is 10.8. The molecule has 0 spiro atoms. The molecule has 1 heterocycles. The predicted molar refractivity (Wildman–Crippen MR) is 64.3 cm³/mol. The molecule has 2 rings (SSSR count). The highest BCUT2D eigenvalue weighted by Crippen LogP contribution is 2.30. The summed E-state index contributed by atoms with van der Waals surface area (Å²) in [6, 6.07) is 5.11. The van der Waals surface area contributed by atoms with E-state index in [1.807, 2.05) is 0 Å². The van der Waals surface area contributed by atoms with Crippen molar-refractivity contribution in [3.8, 4) is 0 Å². The molecule has 0 bridgehead atoms. The number of rotatable bonds is 1. The summed E-state index contributed by atoms with van der Waals surface area (Å²) in [7, 11) is 3.10. The minimum absolute atomic E-state index is 0.397. The van der Waals surface area contributed by atoms with Gasteiger partial charge in [0.15, 0.2) is 0 Å². The third-order valence-electron chi connectivity index (χ3n) is 2.44. The number of methoxy groups -OCH3 is 1. The van der Waals surface area contributed by atoms with Gasteiger partial charge in [-0.25, -0.2) is 4.79 Å². The Balaban J connectivity index is 2.78. The molecular weight excluding hydrogens is 249 g/mol. The molecule has 0 saturated heterocycles. The lowest BCUT2D eigenvalue weighted by atomic mass is 10.2. The number of halogens is 2. The zero-order chi connectivity index (χ0) is 11.9. The molecule has 0 amide bonds. The van der Waals surface area contributed by atoms with E-state index >= 15 is 0 Å². The summed E-state index contributed by atoms with van der Waals surface area (Å²) >= 11 is 12.0.